The molecule has 100 valence electrons. The van der Waals surface area contributed by atoms with Gasteiger partial charge < -0.3 is 10.4 Å². The second-order valence-corrected chi connectivity index (χ2v) is 4.96. The van der Waals surface area contributed by atoms with Crippen molar-refractivity contribution in [3.8, 4) is 11.8 Å². The fourth-order valence-electron chi connectivity index (χ4n) is 2.08. The summed E-state index contributed by atoms with van der Waals surface area (Å²) in [6.45, 7) is 2.33. The van der Waals surface area contributed by atoms with Crippen LogP contribution in [0.25, 0.3) is 0 Å². The molecule has 0 aliphatic heterocycles. The number of rotatable bonds is 4. The molecular formula is C16H19NO2. The van der Waals surface area contributed by atoms with Crippen LogP contribution in [0.4, 0.5) is 0 Å². The van der Waals surface area contributed by atoms with E-state index in [0.29, 0.717) is 12.5 Å². The van der Waals surface area contributed by atoms with Crippen molar-refractivity contribution in [2.45, 2.75) is 26.3 Å². The highest BCUT2D eigenvalue weighted by molar-refractivity contribution is 5.78. The number of amides is 1. The molecular weight excluding hydrogens is 238 g/mol. The average molecular weight is 257 g/mol. The van der Waals surface area contributed by atoms with Gasteiger partial charge in [-0.05, 0) is 30.4 Å². The van der Waals surface area contributed by atoms with E-state index >= 15 is 0 Å². The quantitative estimate of drug-likeness (QED) is 0.806. The van der Waals surface area contributed by atoms with E-state index in [-0.39, 0.29) is 18.4 Å². The fraction of sp³-hybridized carbons (Fsp3) is 0.438. The van der Waals surface area contributed by atoms with E-state index in [1.54, 1.807) is 0 Å². The topological polar surface area (TPSA) is 49.3 Å². The number of aliphatic hydroxyl groups is 1. The third-order valence-corrected chi connectivity index (χ3v) is 3.52. The molecule has 2 N–H and O–H groups in total. The Hall–Kier alpha value is -1.79. The van der Waals surface area contributed by atoms with Crippen LogP contribution in [0.15, 0.2) is 24.3 Å². The van der Waals surface area contributed by atoms with Crippen LogP contribution in [0, 0.1) is 23.7 Å². The molecule has 1 unspecified atom stereocenters. The normalized spacial score (nSPS) is 15.3. The number of carbonyl (C=O) groups excluding carboxylic acids is 1. The molecule has 1 aliphatic rings. The molecule has 1 aromatic carbocycles. The summed E-state index contributed by atoms with van der Waals surface area (Å²) in [5.74, 6) is 6.33. The highest BCUT2D eigenvalue weighted by Crippen LogP contribution is 2.36. The maximum absolute atomic E-state index is 11.9. The molecule has 0 spiro atoms. The Morgan fingerprint density at radius 2 is 2.21 bits per heavy atom. The maximum Gasteiger partial charge on any atom is 0.223 e. The standard InChI is InChI=1S/C16H19NO2/c1-12(13-8-9-13)16(19)17-11-15-6-3-2-5-14(15)7-4-10-18/h2-3,5-6,12-13,18H,8-11H2,1H3,(H,17,19). The molecule has 1 saturated carbocycles. The van der Waals surface area contributed by atoms with Crippen LogP contribution in [-0.4, -0.2) is 17.6 Å². The summed E-state index contributed by atoms with van der Waals surface area (Å²) in [5.41, 5.74) is 1.84. The van der Waals surface area contributed by atoms with Crippen LogP contribution in [0.1, 0.15) is 30.9 Å². The molecule has 0 radical (unpaired) electrons. The SMILES string of the molecule is CC(C(=O)NCc1ccccc1C#CCO)C1CC1. The molecule has 3 nitrogen and oxygen atoms in total. The van der Waals surface area contributed by atoms with Crippen molar-refractivity contribution in [3.63, 3.8) is 0 Å². The number of hydrogen-bond donors (Lipinski definition) is 2. The lowest BCUT2D eigenvalue weighted by Gasteiger charge is -2.12. The van der Waals surface area contributed by atoms with Crippen LogP contribution in [0.3, 0.4) is 0 Å². The Bertz CT molecular complexity index is 509. The zero-order valence-electron chi connectivity index (χ0n) is 11.1. The molecule has 0 aromatic heterocycles. The lowest BCUT2D eigenvalue weighted by Crippen LogP contribution is -2.30. The first-order valence-electron chi connectivity index (χ1n) is 6.67. The summed E-state index contributed by atoms with van der Waals surface area (Å²) >= 11 is 0. The van der Waals surface area contributed by atoms with Gasteiger partial charge in [0.25, 0.3) is 0 Å². The molecule has 1 atom stereocenters. The van der Waals surface area contributed by atoms with Gasteiger partial charge in [-0.1, -0.05) is 37.0 Å². The molecule has 1 aliphatic carbocycles. The average Bonchev–Trinajstić information content (AvgIpc) is 3.27. The van der Waals surface area contributed by atoms with Crippen LogP contribution in [0.2, 0.25) is 0 Å². The van der Waals surface area contributed by atoms with Gasteiger partial charge in [-0.3, -0.25) is 4.79 Å². The van der Waals surface area contributed by atoms with Crippen molar-refractivity contribution >= 4 is 5.91 Å². The van der Waals surface area contributed by atoms with Gasteiger partial charge in [0, 0.05) is 18.0 Å². The number of carbonyl (C=O) groups is 1. The summed E-state index contributed by atoms with van der Waals surface area (Å²) in [7, 11) is 0. The van der Waals surface area contributed by atoms with Crippen LogP contribution in [0.5, 0.6) is 0 Å². The monoisotopic (exact) mass is 257 g/mol. The zero-order chi connectivity index (χ0) is 13.7. The van der Waals surface area contributed by atoms with Gasteiger partial charge in [-0.2, -0.15) is 0 Å². The Morgan fingerprint density at radius 1 is 1.47 bits per heavy atom. The van der Waals surface area contributed by atoms with Gasteiger partial charge in [0.1, 0.15) is 6.61 Å². The summed E-state index contributed by atoms with van der Waals surface area (Å²) in [5, 5.41) is 11.7. The van der Waals surface area contributed by atoms with E-state index in [1.165, 1.54) is 12.8 Å². The minimum absolute atomic E-state index is 0.107. The van der Waals surface area contributed by atoms with Crippen molar-refractivity contribution in [3.05, 3.63) is 35.4 Å². The first-order valence-corrected chi connectivity index (χ1v) is 6.67. The van der Waals surface area contributed by atoms with E-state index < -0.39 is 0 Å². The molecule has 0 saturated heterocycles. The van der Waals surface area contributed by atoms with Gasteiger partial charge in [-0.25, -0.2) is 0 Å². The minimum Gasteiger partial charge on any atom is -0.384 e. The molecule has 0 bridgehead atoms. The second-order valence-electron chi connectivity index (χ2n) is 4.96. The van der Waals surface area contributed by atoms with Gasteiger partial charge in [0.2, 0.25) is 5.91 Å². The van der Waals surface area contributed by atoms with Gasteiger partial charge >= 0.3 is 0 Å². The summed E-state index contributed by atoms with van der Waals surface area (Å²) < 4.78 is 0. The van der Waals surface area contributed by atoms with E-state index in [0.717, 1.165) is 11.1 Å². The third kappa shape index (κ3) is 3.84. The van der Waals surface area contributed by atoms with Crippen molar-refractivity contribution in [2.75, 3.05) is 6.61 Å². The number of nitrogens with one attached hydrogen (secondary N) is 1. The van der Waals surface area contributed by atoms with E-state index in [4.69, 9.17) is 5.11 Å². The molecule has 3 heteroatoms. The Balaban J connectivity index is 1.96. The Morgan fingerprint density at radius 3 is 2.89 bits per heavy atom. The van der Waals surface area contributed by atoms with Crippen LogP contribution in [-0.2, 0) is 11.3 Å². The van der Waals surface area contributed by atoms with E-state index in [9.17, 15) is 4.79 Å². The van der Waals surface area contributed by atoms with Crippen molar-refractivity contribution in [2.24, 2.45) is 11.8 Å². The predicted octanol–water partition coefficient (Wildman–Crippen LogP) is 1.69. The lowest BCUT2D eigenvalue weighted by molar-refractivity contribution is -0.125. The van der Waals surface area contributed by atoms with Crippen molar-refractivity contribution in [1.29, 1.82) is 0 Å². The van der Waals surface area contributed by atoms with Crippen molar-refractivity contribution < 1.29 is 9.90 Å². The fourth-order valence-corrected chi connectivity index (χ4v) is 2.08. The first kappa shape index (κ1) is 13.6. The predicted molar refractivity (Wildman–Crippen MR) is 74.1 cm³/mol. The van der Waals surface area contributed by atoms with E-state index in [2.05, 4.69) is 17.2 Å². The smallest absolute Gasteiger partial charge is 0.223 e. The van der Waals surface area contributed by atoms with Crippen LogP contribution < -0.4 is 5.32 Å². The molecule has 1 amide bonds. The molecule has 2 rings (SSSR count). The summed E-state index contributed by atoms with van der Waals surface area (Å²) in [4.78, 5) is 11.9. The number of aliphatic hydroxyl groups excluding tert-OH is 1. The molecule has 19 heavy (non-hydrogen) atoms. The third-order valence-electron chi connectivity index (χ3n) is 3.52. The van der Waals surface area contributed by atoms with Crippen molar-refractivity contribution in [1.82, 2.24) is 5.32 Å². The highest BCUT2D eigenvalue weighted by atomic mass is 16.2. The molecule has 1 aromatic rings. The summed E-state index contributed by atoms with van der Waals surface area (Å²) in [6.07, 6.45) is 2.35. The molecule has 0 heterocycles. The van der Waals surface area contributed by atoms with E-state index in [1.807, 2.05) is 31.2 Å². The van der Waals surface area contributed by atoms with Gasteiger partial charge in [0.05, 0.1) is 0 Å². The first-order chi connectivity index (χ1) is 9.22. The number of hydrogen-bond acceptors (Lipinski definition) is 2. The summed E-state index contributed by atoms with van der Waals surface area (Å²) in [6, 6.07) is 7.67. The zero-order valence-corrected chi connectivity index (χ0v) is 11.1. The second kappa shape index (κ2) is 6.40. The molecule has 1 fully saturated rings. The lowest BCUT2D eigenvalue weighted by atomic mass is 10.0. The number of benzene rings is 1. The van der Waals surface area contributed by atoms with Crippen LogP contribution >= 0.6 is 0 Å². The maximum atomic E-state index is 11.9. The minimum atomic E-state index is -0.153. The Kier molecular flexibility index (Phi) is 4.59. The Labute approximate surface area is 114 Å². The van der Waals surface area contributed by atoms with Gasteiger partial charge in [-0.15, -0.1) is 0 Å². The highest BCUT2D eigenvalue weighted by Gasteiger charge is 2.32. The van der Waals surface area contributed by atoms with Gasteiger partial charge in [0.15, 0.2) is 0 Å². The largest absolute Gasteiger partial charge is 0.384 e.